The molecule has 0 radical (unpaired) electrons. The number of rotatable bonds is 3. The van der Waals surface area contributed by atoms with Crippen molar-refractivity contribution in [2.75, 3.05) is 6.54 Å². The fourth-order valence-corrected chi connectivity index (χ4v) is 4.30. The van der Waals surface area contributed by atoms with Crippen molar-refractivity contribution in [1.29, 1.82) is 0 Å². The number of aryl methyl sites for hydroxylation is 1. The van der Waals surface area contributed by atoms with Crippen molar-refractivity contribution < 1.29 is 0 Å². The first kappa shape index (κ1) is 16.3. The molecule has 9 heteroatoms. The second-order valence-electron chi connectivity index (χ2n) is 6.63. The number of thiazole rings is 1. The van der Waals surface area contributed by atoms with Gasteiger partial charge in [-0.2, -0.15) is 0 Å². The monoisotopic (exact) mass is 379 g/mol. The third-order valence-corrected chi connectivity index (χ3v) is 5.67. The van der Waals surface area contributed by atoms with Gasteiger partial charge in [0.2, 0.25) is 0 Å². The third kappa shape index (κ3) is 2.84. The van der Waals surface area contributed by atoms with Crippen molar-refractivity contribution in [3.8, 4) is 11.4 Å². The molecule has 1 aliphatic heterocycles. The minimum Gasteiger partial charge on any atom is -0.306 e. The number of fused-ring (bicyclic) bond motifs is 2. The van der Waals surface area contributed by atoms with Crippen LogP contribution in [-0.4, -0.2) is 40.8 Å². The number of nitrogens with one attached hydrogen (secondary N) is 1. The molecule has 0 atom stereocenters. The fraction of sp³-hybridized carbons (Fsp3) is 0.278. The van der Waals surface area contributed by atoms with Crippen LogP contribution >= 0.6 is 11.3 Å². The fourth-order valence-electron chi connectivity index (χ4n) is 3.52. The van der Waals surface area contributed by atoms with Gasteiger partial charge in [0, 0.05) is 50.0 Å². The average molecular weight is 379 g/mol. The number of H-pyrrole nitrogens is 1. The Morgan fingerprint density at radius 1 is 1.26 bits per heavy atom. The van der Waals surface area contributed by atoms with Crippen molar-refractivity contribution in [3.05, 3.63) is 63.3 Å². The molecular weight excluding hydrogens is 362 g/mol. The van der Waals surface area contributed by atoms with Crippen LogP contribution in [-0.2, 0) is 19.5 Å². The number of hydrogen-bond donors (Lipinski definition) is 1. The quantitative estimate of drug-likeness (QED) is 0.584. The number of aromatic nitrogens is 6. The van der Waals surface area contributed by atoms with E-state index < -0.39 is 0 Å². The van der Waals surface area contributed by atoms with Gasteiger partial charge in [-0.05, 0) is 6.92 Å². The van der Waals surface area contributed by atoms with E-state index in [0.29, 0.717) is 12.4 Å². The highest BCUT2D eigenvalue weighted by atomic mass is 32.1. The lowest BCUT2D eigenvalue weighted by atomic mass is 10.1. The first-order valence-electron chi connectivity index (χ1n) is 8.70. The van der Waals surface area contributed by atoms with Crippen molar-refractivity contribution in [2.24, 2.45) is 0 Å². The van der Waals surface area contributed by atoms with E-state index in [1.807, 2.05) is 12.3 Å². The second kappa shape index (κ2) is 6.36. The van der Waals surface area contributed by atoms with E-state index in [1.54, 1.807) is 23.7 Å². The summed E-state index contributed by atoms with van der Waals surface area (Å²) in [6, 6.07) is 0. The summed E-state index contributed by atoms with van der Waals surface area (Å²) in [5, 5.41) is 2.04. The molecule has 0 spiro atoms. The number of nitrogens with zero attached hydrogens (tertiary/aromatic N) is 6. The zero-order chi connectivity index (χ0) is 18.4. The molecule has 136 valence electrons. The lowest BCUT2D eigenvalue weighted by Crippen LogP contribution is -2.35. The van der Waals surface area contributed by atoms with Crippen LogP contribution in [0.15, 0.2) is 35.1 Å². The minimum absolute atomic E-state index is 0.0887. The first-order chi connectivity index (χ1) is 13.2. The molecule has 0 aliphatic carbocycles. The molecule has 4 aromatic rings. The number of imidazole rings is 1. The van der Waals surface area contributed by atoms with Gasteiger partial charge in [0.25, 0.3) is 5.56 Å². The molecule has 0 saturated carbocycles. The van der Waals surface area contributed by atoms with E-state index in [0.717, 1.165) is 47.0 Å². The summed E-state index contributed by atoms with van der Waals surface area (Å²) in [4.78, 5) is 36.1. The Morgan fingerprint density at radius 3 is 2.96 bits per heavy atom. The molecule has 0 saturated heterocycles. The summed E-state index contributed by atoms with van der Waals surface area (Å²) in [7, 11) is 0. The van der Waals surface area contributed by atoms with Gasteiger partial charge in [0.05, 0.1) is 28.2 Å². The average Bonchev–Trinajstić information content (AvgIpc) is 3.25. The largest absolute Gasteiger partial charge is 0.306 e. The molecule has 1 aliphatic rings. The second-order valence-corrected chi connectivity index (χ2v) is 7.50. The lowest BCUT2D eigenvalue weighted by Gasteiger charge is -2.27. The van der Waals surface area contributed by atoms with Gasteiger partial charge in [-0.15, -0.1) is 11.3 Å². The van der Waals surface area contributed by atoms with Gasteiger partial charge in [0.15, 0.2) is 4.96 Å². The normalized spacial score (nSPS) is 14.6. The molecule has 0 fully saturated rings. The van der Waals surface area contributed by atoms with Crippen LogP contribution in [0, 0.1) is 6.92 Å². The number of aromatic amines is 1. The smallest absolute Gasteiger partial charge is 0.255 e. The zero-order valence-corrected chi connectivity index (χ0v) is 15.5. The zero-order valence-electron chi connectivity index (χ0n) is 14.7. The van der Waals surface area contributed by atoms with Crippen LogP contribution in [0.25, 0.3) is 16.3 Å². The predicted molar refractivity (Wildman–Crippen MR) is 102 cm³/mol. The summed E-state index contributed by atoms with van der Waals surface area (Å²) < 4.78 is 2.14. The van der Waals surface area contributed by atoms with E-state index in [-0.39, 0.29) is 5.56 Å². The van der Waals surface area contributed by atoms with E-state index in [2.05, 4.69) is 40.4 Å². The molecule has 5 heterocycles. The highest BCUT2D eigenvalue weighted by Gasteiger charge is 2.23. The third-order valence-electron chi connectivity index (χ3n) is 4.92. The van der Waals surface area contributed by atoms with Crippen LogP contribution in [0.1, 0.15) is 22.6 Å². The molecule has 8 nitrogen and oxygen atoms in total. The lowest BCUT2D eigenvalue weighted by molar-refractivity contribution is 0.238. The summed E-state index contributed by atoms with van der Waals surface area (Å²) >= 11 is 1.63. The van der Waals surface area contributed by atoms with Gasteiger partial charge in [0.1, 0.15) is 12.2 Å². The van der Waals surface area contributed by atoms with E-state index >= 15 is 0 Å². The minimum atomic E-state index is -0.0887. The van der Waals surface area contributed by atoms with Crippen molar-refractivity contribution >= 4 is 16.3 Å². The molecule has 4 aromatic heterocycles. The summed E-state index contributed by atoms with van der Waals surface area (Å²) in [6.45, 7) is 4.23. The predicted octanol–water partition coefficient (Wildman–Crippen LogP) is 1.80. The summed E-state index contributed by atoms with van der Waals surface area (Å²) in [5.41, 5.74) is 4.45. The highest BCUT2D eigenvalue weighted by molar-refractivity contribution is 7.15. The van der Waals surface area contributed by atoms with Crippen molar-refractivity contribution in [1.82, 2.24) is 34.2 Å². The Kier molecular flexibility index (Phi) is 3.83. The SMILES string of the molecule is Cc1nc2sccn2c1CN1CCc2nc(-c3cncnc3)[nH]c(=O)c2C1. The van der Waals surface area contributed by atoms with Crippen LogP contribution in [0.2, 0.25) is 0 Å². The van der Waals surface area contributed by atoms with Crippen LogP contribution < -0.4 is 5.56 Å². The van der Waals surface area contributed by atoms with Crippen molar-refractivity contribution in [2.45, 2.75) is 26.4 Å². The summed E-state index contributed by atoms with van der Waals surface area (Å²) in [5.74, 6) is 0.527. The maximum Gasteiger partial charge on any atom is 0.255 e. The molecule has 0 unspecified atom stereocenters. The maximum absolute atomic E-state index is 12.7. The Morgan fingerprint density at radius 2 is 2.11 bits per heavy atom. The van der Waals surface area contributed by atoms with E-state index in [9.17, 15) is 4.79 Å². The molecule has 1 N–H and O–H groups in total. The van der Waals surface area contributed by atoms with Crippen LogP contribution in [0.4, 0.5) is 0 Å². The summed E-state index contributed by atoms with van der Waals surface area (Å²) in [6.07, 6.45) is 7.56. The number of hydrogen-bond acceptors (Lipinski definition) is 7. The van der Waals surface area contributed by atoms with Gasteiger partial charge < -0.3 is 4.98 Å². The highest BCUT2D eigenvalue weighted by Crippen LogP contribution is 2.22. The molecule has 0 bridgehead atoms. The van der Waals surface area contributed by atoms with Gasteiger partial charge in [-0.3, -0.25) is 14.1 Å². The van der Waals surface area contributed by atoms with Gasteiger partial charge in [-0.25, -0.2) is 19.9 Å². The van der Waals surface area contributed by atoms with Gasteiger partial charge >= 0.3 is 0 Å². The first-order valence-corrected chi connectivity index (χ1v) is 9.58. The Hall–Kier alpha value is -2.91. The van der Waals surface area contributed by atoms with Gasteiger partial charge in [-0.1, -0.05) is 0 Å². The molecule has 5 rings (SSSR count). The van der Waals surface area contributed by atoms with Crippen molar-refractivity contribution in [3.63, 3.8) is 0 Å². The molecular formula is C18H17N7OS. The standard InChI is InChI=1S/C18H17N7OS/c1-11-15(25-4-5-27-18(25)21-11)9-24-3-2-14-13(8-24)17(26)23-16(22-14)12-6-19-10-20-7-12/h4-7,10H,2-3,8-9H2,1H3,(H,22,23,26). The Balaban J connectivity index is 1.44. The topological polar surface area (TPSA) is 92.1 Å². The Labute approximate surface area is 158 Å². The van der Waals surface area contributed by atoms with Crippen LogP contribution in [0.5, 0.6) is 0 Å². The molecule has 27 heavy (non-hydrogen) atoms. The molecule has 0 aromatic carbocycles. The van der Waals surface area contributed by atoms with E-state index in [4.69, 9.17) is 0 Å². The Bertz CT molecular complexity index is 1180. The van der Waals surface area contributed by atoms with Crippen LogP contribution in [0.3, 0.4) is 0 Å². The van der Waals surface area contributed by atoms with E-state index in [1.165, 1.54) is 12.0 Å². The maximum atomic E-state index is 12.7. The molecule has 0 amide bonds.